The molecular formula is C16H24N2O4. The van der Waals surface area contributed by atoms with Crippen LogP contribution in [-0.4, -0.2) is 36.9 Å². The van der Waals surface area contributed by atoms with Crippen molar-refractivity contribution in [2.45, 2.75) is 46.0 Å². The van der Waals surface area contributed by atoms with Crippen LogP contribution in [0.1, 0.15) is 34.1 Å². The van der Waals surface area contributed by atoms with Crippen molar-refractivity contribution in [3.63, 3.8) is 0 Å². The van der Waals surface area contributed by atoms with Crippen LogP contribution in [-0.2, 0) is 19.1 Å². The molecule has 1 heterocycles. The highest BCUT2D eigenvalue weighted by atomic mass is 16.7. The van der Waals surface area contributed by atoms with Crippen molar-refractivity contribution in [1.29, 1.82) is 0 Å². The Morgan fingerprint density at radius 3 is 2.68 bits per heavy atom. The Morgan fingerprint density at radius 1 is 1.36 bits per heavy atom. The van der Waals surface area contributed by atoms with Crippen molar-refractivity contribution in [3.8, 4) is 12.3 Å². The summed E-state index contributed by atoms with van der Waals surface area (Å²) in [7, 11) is 0. The number of amides is 2. The standard InChI is InChI=1S/C16H24N2O4/c1-6-7-9-17-12(19)8-10-18-14(20)13-15(2,3)11-21-16(4,5)22-13/h1,8,10,13H,7,9,11H2,2-5H3,(H,17,19)(H,18,20)/b10-8+. The predicted octanol–water partition coefficient (Wildman–Crippen LogP) is 0.933. The van der Waals surface area contributed by atoms with Gasteiger partial charge in [0.2, 0.25) is 5.91 Å². The lowest BCUT2D eigenvalue weighted by molar-refractivity contribution is -0.303. The number of carbonyl (C=O) groups excluding carboxylic acids is 2. The third kappa shape index (κ3) is 5.51. The first kappa shape index (κ1) is 18.2. The van der Waals surface area contributed by atoms with Gasteiger partial charge in [-0.1, -0.05) is 13.8 Å². The summed E-state index contributed by atoms with van der Waals surface area (Å²) in [5.41, 5.74) is -0.456. The molecule has 2 N–H and O–H groups in total. The normalized spacial score (nSPS) is 22.8. The van der Waals surface area contributed by atoms with E-state index >= 15 is 0 Å². The average molecular weight is 308 g/mol. The molecule has 1 saturated heterocycles. The van der Waals surface area contributed by atoms with E-state index in [4.69, 9.17) is 15.9 Å². The van der Waals surface area contributed by atoms with Gasteiger partial charge in [0, 0.05) is 30.7 Å². The van der Waals surface area contributed by atoms with E-state index in [9.17, 15) is 9.59 Å². The third-order valence-electron chi connectivity index (χ3n) is 3.17. The summed E-state index contributed by atoms with van der Waals surface area (Å²) < 4.78 is 11.3. The van der Waals surface area contributed by atoms with Gasteiger partial charge in [0.15, 0.2) is 5.79 Å². The Balaban J connectivity index is 2.53. The summed E-state index contributed by atoms with van der Waals surface area (Å²) in [4.78, 5) is 23.7. The Bertz CT molecular complexity index is 489. The first-order valence-corrected chi connectivity index (χ1v) is 7.18. The maximum Gasteiger partial charge on any atom is 0.253 e. The second-order valence-corrected chi connectivity index (χ2v) is 6.26. The van der Waals surface area contributed by atoms with Gasteiger partial charge in [-0.25, -0.2) is 0 Å². The quantitative estimate of drug-likeness (QED) is 0.450. The minimum atomic E-state index is -0.812. The van der Waals surface area contributed by atoms with Gasteiger partial charge in [-0.2, -0.15) is 0 Å². The van der Waals surface area contributed by atoms with E-state index in [1.807, 2.05) is 13.8 Å². The number of carbonyl (C=O) groups is 2. The smallest absolute Gasteiger partial charge is 0.253 e. The molecule has 0 aliphatic carbocycles. The molecule has 0 radical (unpaired) electrons. The molecule has 1 atom stereocenters. The monoisotopic (exact) mass is 308 g/mol. The Labute approximate surface area is 131 Å². The predicted molar refractivity (Wildman–Crippen MR) is 82.4 cm³/mol. The van der Waals surface area contributed by atoms with Crippen molar-refractivity contribution >= 4 is 11.8 Å². The molecule has 6 heteroatoms. The van der Waals surface area contributed by atoms with E-state index in [0.29, 0.717) is 19.6 Å². The van der Waals surface area contributed by atoms with E-state index in [0.717, 1.165) is 0 Å². The molecule has 1 rings (SSSR count). The Morgan fingerprint density at radius 2 is 2.05 bits per heavy atom. The van der Waals surface area contributed by atoms with Gasteiger partial charge in [-0.15, -0.1) is 12.3 Å². The lowest BCUT2D eigenvalue weighted by Gasteiger charge is -2.44. The third-order valence-corrected chi connectivity index (χ3v) is 3.17. The van der Waals surface area contributed by atoms with Crippen molar-refractivity contribution in [2.75, 3.05) is 13.2 Å². The van der Waals surface area contributed by atoms with Crippen LogP contribution in [0, 0.1) is 17.8 Å². The zero-order valence-electron chi connectivity index (χ0n) is 13.6. The first-order chi connectivity index (χ1) is 10.2. The molecule has 0 spiro atoms. The van der Waals surface area contributed by atoms with Gasteiger partial charge in [0.05, 0.1) is 6.61 Å². The van der Waals surface area contributed by atoms with Crippen molar-refractivity contribution in [3.05, 3.63) is 12.3 Å². The minimum Gasteiger partial charge on any atom is -0.352 e. The molecule has 1 fully saturated rings. The van der Waals surface area contributed by atoms with Crippen LogP contribution in [0.2, 0.25) is 0 Å². The van der Waals surface area contributed by atoms with Gasteiger partial charge in [-0.3, -0.25) is 9.59 Å². The van der Waals surface area contributed by atoms with E-state index in [-0.39, 0.29) is 11.8 Å². The van der Waals surface area contributed by atoms with Gasteiger partial charge in [0.25, 0.3) is 5.91 Å². The summed E-state index contributed by atoms with van der Waals surface area (Å²) in [6.07, 6.45) is 7.43. The molecule has 1 aliphatic rings. The van der Waals surface area contributed by atoms with Crippen LogP contribution in [0.25, 0.3) is 0 Å². The summed E-state index contributed by atoms with van der Waals surface area (Å²) >= 11 is 0. The molecular weight excluding hydrogens is 284 g/mol. The van der Waals surface area contributed by atoms with Crippen LogP contribution in [0.5, 0.6) is 0 Å². The largest absolute Gasteiger partial charge is 0.352 e. The summed E-state index contributed by atoms with van der Waals surface area (Å²) in [6, 6.07) is 0. The molecule has 0 aromatic rings. The average Bonchev–Trinajstić information content (AvgIpc) is 2.42. The fraction of sp³-hybridized carbons (Fsp3) is 0.625. The zero-order chi connectivity index (χ0) is 16.8. The van der Waals surface area contributed by atoms with Crippen LogP contribution >= 0.6 is 0 Å². The molecule has 0 bridgehead atoms. The molecule has 0 aromatic heterocycles. The number of hydrogen-bond acceptors (Lipinski definition) is 4. The molecule has 0 aromatic carbocycles. The molecule has 6 nitrogen and oxygen atoms in total. The SMILES string of the molecule is C#CCCNC(=O)/C=C/NC(=O)C1OC(C)(C)OCC1(C)C. The summed E-state index contributed by atoms with van der Waals surface area (Å²) in [6.45, 7) is 8.12. The lowest BCUT2D eigenvalue weighted by atomic mass is 9.85. The second kappa shape index (κ2) is 7.43. The van der Waals surface area contributed by atoms with E-state index in [1.54, 1.807) is 13.8 Å². The Hall–Kier alpha value is -1.84. The molecule has 2 amide bonds. The number of ether oxygens (including phenoxy) is 2. The molecule has 1 aliphatic heterocycles. The fourth-order valence-electron chi connectivity index (χ4n) is 1.91. The molecule has 122 valence electrons. The molecule has 0 saturated carbocycles. The van der Waals surface area contributed by atoms with Gasteiger partial charge in [-0.05, 0) is 13.8 Å². The van der Waals surface area contributed by atoms with Crippen molar-refractivity contribution in [2.24, 2.45) is 5.41 Å². The Kier molecular flexibility index (Phi) is 6.15. The maximum atomic E-state index is 12.2. The number of hydrogen-bond donors (Lipinski definition) is 2. The van der Waals surface area contributed by atoms with Crippen molar-refractivity contribution < 1.29 is 19.1 Å². The van der Waals surface area contributed by atoms with Crippen LogP contribution in [0.3, 0.4) is 0 Å². The van der Waals surface area contributed by atoms with Crippen LogP contribution in [0.15, 0.2) is 12.3 Å². The number of nitrogens with one attached hydrogen (secondary N) is 2. The topological polar surface area (TPSA) is 76.7 Å². The highest BCUT2D eigenvalue weighted by Crippen LogP contribution is 2.34. The lowest BCUT2D eigenvalue weighted by Crippen LogP contribution is -2.55. The minimum absolute atomic E-state index is 0.311. The highest BCUT2D eigenvalue weighted by Gasteiger charge is 2.45. The first-order valence-electron chi connectivity index (χ1n) is 7.18. The zero-order valence-corrected chi connectivity index (χ0v) is 13.6. The highest BCUT2D eigenvalue weighted by molar-refractivity contribution is 5.89. The van der Waals surface area contributed by atoms with Gasteiger partial charge < -0.3 is 20.1 Å². The van der Waals surface area contributed by atoms with Gasteiger partial charge >= 0.3 is 0 Å². The summed E-state index contributed by atoms with van der Waals surface area (Å²) in [5.74, 6) is 0.981. The van der Waals surface area contributed by atoms with E-state index in [1.165, 1.54) is 12.3 Å². The molecule has 22 heavy (non-hydrogen) atoms. The van der Waals surface area contributed by atoms with Crippen LogP contribution in [0.4, 0.5) is 0 Å². The van der Waals surface area contributed by atoms with E-state index in [2.05, 4.69) is 16.6 Å². The van der Waals surface area contributed by atoms with Crippen LogP contribution < -0.4 is 10.6 Å². The van der Waals surface area contributed by atoms with E-state index < -0.39 is 17.3 Å². The van der Waals surface area contributed by atoms with Gasteiger partial charge in [0.1, 0.15) is 6.10 Å². The second-order valence-electron chi connectivity index (χ2n) is 6.26. The fourth-order valence-corrected chi connectivity index (χ4v) is 1.91. The maximum absolute atomic E-state index is 12.2. The van der Waals surface area contributed by atoms with Crippen molar-refractivity contribution in [1.82, 2.24) is 10.6 Å². The number of rotatable bonds is 5. The number of terminal acetylenes is 1. The summed E-state index contributed by atoms with van der Waals surface area (Å²) in [5, 5.41) is 5.16. The molecule has 1 unspecified atom stereocenters.